The van der Waals surface area contributed by atoms with Crippen LogP contribution in [0.4, 0.5) is 4.39 Å². The van der Waals surface area contributed by atoms with E-state index in [9.17, 15) is 4.39 Å². The SMILES string of the molecule is CC(NC1CCCc2c1cnn2C)c1ccc(F)cc1Cl. The van der Waals surface area contributed by atoms with Crippen molar-refractivity contribution >= 4 is 11.6 Å². The summed E-state index contributed by atoms with van der Waals surface area (Å²) in [5, 5.41) is 8.43. The smallest absolute Gasteiger partial charge is 0.124 e. The van der Waals surface area contributed by atoms with Crippen molar-refractivity contribution in [1.29, 1.82) is 0 Å². The van der Waals surface area contributed by atoms with E-state index in [1.54, 1.807) is 6.07 Å². The van der Waals surface area contributed by atoms with E-state index in [1.165, 1.54) is 23.4 Å². The maximum atomic E-state index is 13.2. The maximum absolute atomic E-state index is 13.2. The minimum absolute atomic E-state index is 0.0641. The highest BCUT2D eigenvalue weighted by atomic mass is 35.5. The van der Waals surface area contributed by atoms with Crippen LogP contribution in [0.5, 0.6) is 0 Å². The number of nitrogens with one attached hydrogen (secondary N) is 1. The number of hydrogen-bond acceptors (Lipinski definition) is 2. The van der Waals surface area contributed by atoms with Gasteiger partial charge in [0.2, 0.25) is 0 Å². The molecule has 112 valence electrons. The van der Waals surface area contributed by atoms with Crippen LogP contribution in [0.15, 0.2) is 24.4 Å². The summed E-state index contributed by atoms with van der Waals surface area (Å²) in [4.78, 5) is 0. The molecule has 0 saturated carbocycles. The van der Waals surface area contributed by atoms with Gasteiger partial charge in [0.15, 0.2) is 0 Å². The van der Waals surface area contributed by atoms with Gasteiger partial charge in [0.05, 0.1) is 6.20 Å². The molecule has 0 radical (unpaired) electrons. The van der Waals surface area contributed by atoms with Crippen molar-refractivity contribution in [3.8, 4) is 0 Å². The van der Waals surface area contributed by atoms with Crippen molar-refractivity contribution in [3.63, 3.8) is 0 Å². The van der Waals surface area contributed by atoms with Gasteiger partial charge in [-0.2, -0.15) is 5.10 Å². The molecule has 0 fully saturated rings. The lowest BCUT2D eigenvalue weighted by Crippen LogP contribution is -2.28. The summed E-state index contributed by atoms with van der Waals surface area (Å²) in [5.41, 5.74) is 3.50. The van der Waals surface area contributed by atoms with Crippen LogP contribution in [0.25, 0.3) is 0 Å². The number of nitrogens with zero attached hydrogens (tertiary/aromatic N) is 2. The normalized spacial score (nSPS) is 19.3. The number of benzene rings is 1. The number of aryl methyl sites for hydroxylation is 1. The third-order valence-corrected chi connectivity index (χ3v) is 4.58. The fourth-order valence-electron chi connectivity index (χ4n) is 3.12. The lowest BCUT2D eigenvalue weighted by Gasteiger charge is -2.27. The van der Waals surface area contributed by atoms with Crippen molar-refractivity contribution in [3.05, 3.63) is 52.1 Å². The standard InChI is InChI=1S/C16H19ClFN3/c1-10(12-7-6-11(18)8-14(12)17)20-15-4-3-5-16-13(15)9-19-21(16)2/h6-10,15,20H,3-5H2,1-2H3. The van der Waals surface area contributed by atoms with Gasteiger partial charge < -0.3 is 5.32 Å². The van der Waals surface area contributed by atoms with Crippen LogP contribution in [-0.4, -0.2) is 9.78 Å². The molecule has 1 aliphatic carbocycles. The van der Waals surface area contributed by atoms with E-state index < -0.39 is 0 Å². The average Bonchev–Trinajstić information content (AvgIpc) is 2.81. The van der Waals surface area contributed by atoms with Crippen molar-refractivity contribution in [2.75, 3.05) is 0 Å². The highest BCUT2D eigenvalue weighted by molar-refractivity contribution is 6.31. The Morgan fingerprint density at radius 1 is 1.48 bits per heavy atom. The number of aromatic nitrogens is 2. The molecule has 3 rings (SSSR count). The number of hydrogen-bond donors (Lipinski definition) is 1. The fourth-order valence-corrected chi connectivity index (χ4v) is 3.45. The molecule has 0 spiro atoms. The summed E-state index contributed by atoms with van der Waals surface area (Å²) in [6.07, 6.45) is 5.26. The second-order valence-corrected chi connectivity index (χ2v) is 6.08. The van der Waals surface area contributed by atoms with Gasteiger partial charge in [0.1, 0.15) is 5.82 Å². The van der Waals surface area contributed by atoms with E-state index in [2.05, 4.69) is 17.3 Å². The zero-order valence-corrected chi connectivity index (χ0v) is 13.0. The first-order valence-corrected chi connectivity index (χ1v) is 7.66. The second-order valence-electron chi connectivity index (χ2n) is 5.67. The molecule has 3 nitrogen and oxygen atoms in total. The minimum atomic E-state index is -0.303. The summed E-state index contributed by atoms with van der Waals surface area (Å²) in [7, 11) is 1.99. The summed E-state index contributed by atoms with van der Waals surface area (Å²) < 4.78 is 15.1. The summed E-state index contributed by atoms with van der Waals surface area (Å²) >= 11 is 6.15. The Kier molecular flexibility index (Phi) is 4.00. The van der Waals surface area contributed by atoms with Crippen LogP contribution in [-0.2, 0) is 13.5 Å². The lowest BCUT2D eigenvalue weighted by atomic mass is 9.92. The Hall–Kier alpha value is -1.39. The van der Waals surface area contributed by atoms with Gasteiger partial charge in [-0.25, -0.2) is 4.39 Å². The van der Waals surface area contributed by atoms with E-state index in [1.807, 2.05) is 17.9 Å². The molecular weight excluding hydrogens is 289 g/mol. The van der Waals surface area contributed by atoms with Gasteiger partial charge in [-0.05, 0) is 43.9 Å². The zero-order valence-electron chi connectivity index (χ0n) is 12.2. The van der Waals surface area contributed by atoms with Gasteiger partial charge >= 0.3 is 0 Å². The van der Waals surface area contributed by atoms with E-state index in [4.69, 9.17) is 11.6 Å². The molecule has 0 amide bonds. The highest BCUT2D eigenvalue weighted by Crippen LogP contribution is 2.32. The Morgan fingerprint density at radius 2 is 2.29 bits per heavy atom. The molecule has 1 N–H and O–H groups in total. The third-order valence-electron chi connectivity index (χ3n) is 4.26. The van der Waals surface area contributed by atoms with Gasteiger partial charge in [-0.1, -0.05) is 17.7 Å². The molecule has 0 aliphatic heterocycles. The average molecular weight is 308 g/mol. The molecule has 21 heavy (non-hydrogen) atoms. The molecule has 0 saturated heterocycles. The first-order valence-electron chi connectivity index (χ1n) is 7.28. The van der Waals surface area contributed by atoms with Crippen LogP contribution in [0.3, 0.4) is 0 Å². The lowest BCUT2D eigenvalue weighted by molar-refractivity contribution is 0.411. The molecule has 1 aliphatic rings. The Bertz CT molecular complexity index is 653. The van der Waals surface area contributed by atoms with E-state index in [0.29, 0.717) is 5.02 Å². The van der Waals surface area contributed by atoms with Crippen molar-refractivity contribution < 1.29 is 4.39 Å². The monoisotopic (exact) mass is 307 g/mol. The van der Waals surface area contributed by atoms with Crippen molar-refractivity contribution in [2.45, 2.75) is 38.3 Å². The van der Waals surface area contributed by atoms with Gasteiger partial charge in [-0.3, -0.25) is 4.68 Å². The van der Waals surface area contributed by atoms with E-state index in [0.717, 1.165) is 24.8 Å². The molecular formula is C16H19ClFN3. The van der Waals surface area contributed by atoms with Gasteiger partial charge in [0, 0.05) is 35.4 Å². The predicted octanol–water partition coefficient (Wildman–Crippen LogP) is 3.94. The van der Waals surface area contributed by atoms with Crippen molar-refractivity contribution in [1.82, 2.24) is 15.1 Å². The van der Waals surface area contributed by atoms with E-state index >= 15 is 0 Å². The Labute approximate surface area is 129 Å². The highest BCUT2D eigenvalue weighted by Gasteiger charge is 2.25. The quantitative estimate of drug-likeness (QED) is 0.931. The number of fused-ring (bicyclic) bond motifs is 1. The second kappa shape index (κ2) is 5.78. The van der Waals surface area contributed by atoms with Crippen LogP contribution < -0.4 is 5.32 Å². The van der Waals surface area contributed by atoms with E-state index in [-0.39, 0.29) is 17.9 Å². The van der Waals surface area contributed by atoms with Crippen LogP contribution in [0, 0.1) is 5.82 Å². The number of rotatable bonds is 3. The first kappa shape index (κ1) is 14.5. The molecule has 1 aromatic heterocycles. The number of halogens is 2. The fraction of sp³-hybridized carbons (Fsp3) is 0.438. The molecule has 1 aromatic carbocycles. The first-order chi connectivity index (χ1) is 10.1. The Morgan fingerprint density at radius 3 is 3.05 bits per heavy atom. The van der Waals surface area contributed by atoms with Crippen LogP contribution >= 0.6 is 11.6 Å². The molecule has 2 atom stereocenters. The third kappa shape index (κ3) is 2.83. The Balaban J connectivity index is 1.81. The van der Waals surface area contributed by atoms with Crippen molar-refractivity contribution in [2.24, 2.45) is 7.05 Å². The predicted molar refractivity (Wildman–Crippen MR) is 81.8 cm³/mol. The van der Waals surface area contributed by atoms with Crippen LogP contribution in [0.1, 0.15) is 48.7 Å². The molecule has 1 heterocycles. The zero-order chi connectivity index (χ0) is 15.0. The molecule has 2 unspecified atom stereocenters. The van der Waals surface area contributed by atoms with Gasteiger partial charge in [-0.15, -0.1) is 0 Å². The molecule has 5 heteroatoms. The van der Waals surface area contributed by atoms with Gasteiger partial charge in [0.25, 0.3) is 0 Å². The summed E-state index contributed by atoms with van der Waals surface area (Å²) in [6, 6.07) is 4.91. The summed E-state index contributed by atoms with van der Waals surface area (Å²) in [5.74, 6) is -0.303. The summed E-state index contributed by atoms with van der Waals surface area (Å²) in [6.45, 7) is 2.06. The molecule has 0 bridgehead atoms. The minimum Gasteiger partial charge on any atom is -0.303 e. The largest absolute Gasteiger partial charge is 0.303 e. The van der Waals surface area contributed by atoms with Crippen LogP contribution in [0.2, 0.25) is 5.02 Å². The topological polar surface area (TPSA) is 29.9 Å². The molecule has 2 aromatic rings. The maximum Gasteiger partial charge on any atom is 0.124 e.